The van der Waals surface area contributed by atoms with E-state index in [0.717, 1.165) is 24.8 Å². The van der Waals surface area contributed by atoms with Crippen molar-refractivity contribution in [2.75, 3.05) is 44.3 Å². The Morgan fingerprint density at radius 2 is 1.91 bits per heavy atom. The second kappa shape index (κ2) is 10.5. The molecule has 2 atom stereocenters. The third kappa shape index (κ3) is 6.24. The number of fused-ring (bicyclic) bond motifs is 1. The van der Waals surface area contributed by atoms with Gasteiger partial charge in [-0.15, -0.1) is 0 Å². The van der Waals surface area contributed by atoms with E-state index < -0.39 is 10.0 Å². The highest BCUT2D eigenvalue weighted by Gasteiger charge is 2.28. The standard InChI is InChI=1S/C24H29N5O5S/c1-28(20(17-6-4-3-5-7-17)15-29-13-10-18(30)14-29)22(31)16-34-21-9-8-19(27-35(2,32)33)23-24(21)26-12-11-25-23/h3-9,11-12,18,20,27,30H,10,13-16H2,1-2H3/t18-,20+/m0/s1. The number of carbonyl (C=O) groups excluding carboxylic acids is 1. The third-order valence-electron chi connectivity index (χ3n) is 5.96. The molecule has 1 aromatic heterocycles. The number of amides is 1. The van der Waals surface area contributed by atoms with Gasteiger partial charge in [0.15, 0.2) is 6.61 Å². The maximum atomic E-state index is 13.2. The topological polar surface area (TPSA) is 125 Å². The van der Waals surface area contributed by atoms with E-state index in [0.29, 0.717) is 29.9 Å². The summed E-state index contributed by atoms with van der Waals surface area (Å²) < 4.78 is 31.6. The number of nitrogens with zero attached hydrogens (tertiary/aromatic N) is 4. The van der Waals surface area contributed by atoms with Gasteiger partial charge in [-0.25, -0.2) is 13.4 Å². The fourth-order valence-corrected chi connectivity index (χ4v) is 4.76. The van der Waals surface area contributed by atoms with Gasteiger partial charge in [-0.2, -0.15) is 0 Å². The number of β-amino-alcohol motifs (C(OH)–C–C–N with tert-alkyl or cyclic N) is 1. The molecule has 0 radical (unpaired) electrons. The lowest BCUT2D eigenvalue weighted by Gasteiger charge is -2.32. The van der Waals surface area contributed by atoms with Crippen LogP contribution in [-0.4, -0.2) is 84.8 Å². The molecule has 0 spiro atoms. The van der Waals surface area contributed by atoms with E-state index in [4.69, 9.17) is 4.74 Å². The molecule has 1 saturated heterocycles. The first kappa shape index (κ1) is 24.8. The minimum absolute atomic E-state index is 0.213. The highest BCUT2D eigenvalue weighted by molar-refractivity contribution is 7.92. The molecule has 11 heteroatoms. The van der Waals surface area contributed by atoms with Crippen molar-refractivity contribution in [2.24, 2.45) is 0 Å². The molecule has 2 heterocycles. The Morgan fingerprint density at radius 3 is 2.57 bits per heavy atom. The van der Waals surface area contributed by atoms with Crippen molar-refractivity contribution in [2.45, 2.75) is 18.6 Å². The summed E-state index contributed by atoms with van der Waals surface area (Å²) in [5.74, 6) is 0.0989. The predicted octanol–water partition coefficient (Wildman–Crippen LogP) is 1.65. The van der Waals surface area contributed by atoms with E-state index >= 15 is 0 Å². The number of aliphatic hydroxyl groups excluding tert-OH is 1. The van der Waals surface area contributed by atoms with Crippen LogP contribution < -0.4 is 9.46 Å². The molecule has 1 aliphatic rings. The highest BCUT2D eigenvalue weighted by Crippen LogP contribution is 2.29. The van der Waals surface area contributed by atoms with Crippen LogP contribution in [0.2, 0.25) is 0 Å². The van der Waals surface area contributed by atoms with Crippen LogP contribution in [0.4, 0.5) is 5.69 Å². The van der Waals surface area contributed by atoms with Gasteiger partial charge < -0.3 is 14.7 Å². The van der Waals surface area contributed by atoms with Gasteiger partial charge >= 0.3 is 0 Å². The molecular formula is C24H29N5O5S. The highest BCUT2D eigenvalue weighted by atomic mass is 32.2. The number of aliphatic hydroxyl groups is 1. The molecule has 1 amide bonds. The van der Waals surface area contributed by atoms with Crippen molar-refractivity contribution in [1.82, 2.24) is 19.8 Å². The zero-order valence-electron chi connectivity index (χ0n) is 19.7. The van der Waals surface area contributed by atoms with E-state index in [-0.39, 0.29) is 30.3 Å². The normalized spacial score (nSPS) is 17.3. The second-order valence-electron chi connectivity index (χ2n) is 8.66. The van der Waals surface area contributed by atoms with Crippen molar-refractivity contribution in [3.05, 3.63) is 60.4 Å². The number of rotatable bonds is 9. The average Bonchev–Trinajstić information content (AvgIpc) is 3.25. The fraction of sp³-hybridized carbons (Fsp3) is 0.375. The first-order valence-electron chi connectivity index (χ1n) is 11.3. The molecule has 0 saturated carbocycles. The summed E-state index contributed by atoms with van der Waals surface area (Å²) in [6.07, 6.45) is 4.37. The van der Waals surface area contributed by atoms with Crippen LogP contribution in [0.1, 0.15) is 18.0 Å². The number of carbonyl (C=O) groups is 1. The van der Waals surface area contributed by atoms with Crippen LogP contribution >= 0.6 is 0 Å². The van der Waals surface area contributed by atoms with Crippen LogP contribution in [0.5, 0.6) is 5.75 Å². The minimum atomic E-state index is -3.51. The molecule has 1 aliphatic heterocycles. The Labute approximate surface area is 204 Å². The summed E-state index contributed by atoms with van der Waals surface area (Å²) in [7, 11) is -1.76. The largest absolute Gasteiger partial charge is 0.481 e. The molecule has 0 bridgehead atoms. The lowest BCUT2D eigenvalue weighted by atomic mass is 10.0. The van der Waals surface area contributed by atoms with E-state index in [9.17, 15) is 18.3 Å². The zero-order valence-corrected chi connectivity index (χ0v) is 20.5. The number of anilines is 1. The Kier molecular flexibility index (Phi) is 7.48. The fourth-order valence-electron chi connectivity index (χ4n) is 4.20. The number of hydrogen-bond donors (Lipinski definition) is 2. The van der Waals surface area contributed by atoms with Gasteiger partial charge in [0, 0.05) is 39.1 Å². The summed E-state index contributed by atoms with van der Waals surface area (Å²) in [6.45, 7) is 1.73. The quantitative estimate of drug-likeness (QED) is 0.455. The van der Waals surface area contributed by atoms with E-state index in [2.05, 4.69) is 19.6 Å². The number of nitrogens with one attached hydrogen (secondary N) is 1. The summed E-state index contributed by atoms with van der Waals surface area (Å²) >= 11 is 0. The third-order valence-corrected chi connectivity index (χ3v) is 6.55. The van der Waals surface area contributed by atoms with Gasteiger partial charge in [0.05, 0.1) is 24.1 Å². The number of likely N-dealkylation sites (N-methyl/N-ethyl adjacent to an activating group) is 1. The van der Waals surface area contributed by atoms with Crippen LogP contribution in [0.15, 0.2) is 54.9 Å². The molecule has 0 aliphatic carbocycles. The van der Waals surface area contributed by atoms with Crippen molar-refractivity contribution >= 4 is 32.7 Å². The number of aromatic nitrogens is 2. The van der Waals surface area contributed by atoms with Crippen molar-refractivity contribution < 1.29 is 23.1 Å². The Bertz CT molecular complexity index is 1290. The number of likely N-dealkylation sites (tertiary alicyclic amines) is 1. The molecule has 186 valence electrons. The molecule has 3 aromatic rings. The summed E-state index contributed by atoms with van der Waals surface area (Å²) in [5, 5.41) is 9.92. The molecule has 35 heavy (non-hydrogen) atoms. The molecular weight excluding hydrogens is 470 g/mol. The Morgan fingerprint density at radius 1 is 1.20 bits per heavy atom. The monoisotopic (exact) mass is 499 g/mol. The van der Waals surface area contributed by atoms with Gasteiger partial charge in [-0.05, 0) is 24.1 Å². The van der Waals surface area contributed by atoms with Crippen LogP contribution in [-0.2, 0) is 14.8 Å². The maximum Gasteiger partial charge on any atom is 0.260 e. The molecule has 2 aromatic carbocycles. The molecule has 4 rings (SSSR count). The molecule has 0 unspecified atom stereocenters. The van der Waals surface area contributed by atoms with Gasteiger partial charge in [0.1, 0.15) is 16.8 Å². The number of benzene rings is 2. The number of sulfonamides is 1. The van der Waals surface area contributed by atoms with Crippen molar-refractivity contribution in [3.63, 3.8) is 0 Å². The SMILES string of the molecule is CN(C(=O)COc1ccc(NS(C)(=O)=O)c2nccnc12)[C@H](CN1CC[C@H](O)C1)c1ccccc1. The smallest absolute Gasteiger partial charge is 0.260 e. The minimum Gasteiger partial charge on any atom is -0.481 e. The van der Waals surface area contributed by atoms with Gasteiger partial charge in [0.25, 0.3) is 5.91 Å². The second-order valence-corrected chi connectivity index (χ2v) is 10.4. The molecule has 1 fully saturated rings. The van der Waals surface area contributed by atoms with Crippen LogP contribution in [0.3, 0.4) is 0 Å². The maximum absolute atomic E-state index is 13.2. The van der Waals surface area contributed by atoms with Gasteiger partial charge in [0.2, 0.25) is 10.0 Å². The average molecular weight is 500 g/mol. The van der Waals surface area contributed by atoms with Crippen molar-refractivity contribution in [3.8, 4) is 5.75 Å². The van der Waals surface area contributed by atoms with E-state index in [1.54, 1.807) is 18.0 Å². The van der Waals surface area contributed by atoms with E-state index in [1.165, 1.54) is 18.5 Å². The summed E-state index contributed by atoms with van der Waals surface area (Å²) in [5.41, 5.74) is 1.95. The number of ether oxygens (including phenoxy) is 1. The van der Waals surface area contributed by atoms with E-state index in [1.807, 2.05) is 30.3 Å². The molecule has 10 nitrogen and oxygen atoms in total. The first-order chi connectivity index (χ1) is 16.7. The summed E-state index contributed by atoms with van der Waals surface area (Å²) in [6, 6.07) is 12.7. The predicted molar refractivity (Wildman–Crippen MR) is 133 cm³/mol. The number of hydrogen-bond acceptors (Lipinski definition) is 8. The Balaban J connectivity index is 1.51. The lowest BCUT2D eigenvalue weighted by Crippen LogP contribution is -2.40. The first-order valence-corrected chi connectivity index (χ1v) is 13.2. The van der Waals surface area contributed by atoms with Crippen LogP contribution in [0.25, 0.3) is 11.0 Å². The van der Waals surface area contributed by atoms with Gasteiger partial charge in [-0.3, -0.25) is 19.4 Å². The van der Waals surface area contributed by atoms with Crippen molar-refractivity contribution in [1.29, 1.82) is 0 Å². The summed E-state index contributed by atoms with van der Waals surface area (Å²) in [4.78, 5) is 25.5. The lowest BCUT2D eigenvalue weighted by molar-refractivity contribution is -0.134. The van der Waals surface area contributed by atoms with Gasteiger partial charge in [-0.1, -0.05) is 30.3 Å². The molecule has 2 N–H and O–H groups in total. The zero-order chi connectivity index (χ0) is 25.0. The Hall–Kier alpha value is -3.28. The van der Waals surface area contributed by atoms with Crippen LogP contribution in [0, 0.1) is 0 Å².